The number of Topliss-reactive ketones (excluding diaryl/α,β-unsaturated/α-hetero) is 1. The molecule has 0 saturated carbocycles. The van der Waals surface area contributed by atoms with Crippen LogP contribution in [0.15, 0.2) is 48.7 Å². The van der Waals surface area contributed by atoms with Gasteiger partial charge in [0.15, 0.2) is 11.6 Å². The second-order valence-corrected chi connectivity index (χ2v) is 5.87. The van der Waals surface area contributed by atoms with E-state index >= 15 is 0 Å². The quantitative estimate of drug-likeness (QED) is 0.656. The summed E-state index contributed by atoms with van der Waals surface area (Å²) in [6, 6.07) is 12.7. The number of ketones is 1. The second kappa shape index (κ2) is 7.27. The van der Waals surface area contributed by atoms with Crippen LogP contribution in [0.2, 0.25) is 5.02 Å². The average Bonchev–Trinajstić information content (AvgIpc) is 2.59. The molecule has 3 rings (SSSR count). The highest BCUT2D eigenvalue weighted by Crippen LogP contribution is 2.25. The highest BCUT2D eigenvalue weighted by molar-refractivity contribution is 6.31. The molecule has 1 heterocycles. The first-order chi connectivity index (χ1) is 12.0. The Balaban J connectivity index is 1.81. The zero-order valence-corrected chi connectivity index (χ0v) is 14.5. The molecule has 3 aromatic rings. The number of anilines is 4. The molecule has 0 atom stereocenters. The number of halogens is 1. The molecule has 0 spiro atoms. The Hall–Kier alpha value is -2.99. The van der Waals surface area contributed by atoms with Crippen molar-refractivity contribution in [3.63, 3.8) is 0 Å². The van der Waals surface area contributed by atoms with E-state index < -0.39 is 0 Å². The van der Waals surface area contributed by atoms with Gasteiger partial charge in [0.05, 0.1) is 6.20 Å². The molecule has 1 aromatic heterocycles. The van der Waals surface area contributed by atoms with Crippen LogP contribution in [0, 0.1) is 6.92 Å². The monoisotopic (exact) mass is 353 g/mol. The summed E-state index contributed by atoms with van der Waals surface area (Å²) >= 11 is 6.13. The Morgan fingerprint density at radius 2 is 1.92 bits per heavy atom. The number of aromatic nitrogens is 3. The van der Waals surface area contributed by atoms with Crippen LogP contribution in [-0.4, -0.2) is 21.0 Å². The molecule has 0 aliphatic carbocycles. The largest absolute Gasteiger partial charge is 0.339 e. The van der Waals surface area contributed by atoms with Gasteiger partial charge >= 0.3 is 0 Å². The normalized spacial score (nSPS) is 10.4. The Labute approximate surface area is 150 Å². The number of carbonyl (C=O) groups is 1. The third-order valence-corrected chi connectivity index (χ3v) is 4.02. The van der Waals surface area contributed by atoms with Gasteiger partial charge in [-0.3, -0.25) is 4.79 Å². The molecule has 2 aromatic carbocycles. The topological polar surface area (TPSA) is 79.8 Å². The molecule has 0 radical (unpaired) electrons. The number of nitrogens with zero attached hydrogens (tertiary/aromatic N) is 3. The van der Waals surface area contributed by atoms with Crippen LogP contribution < -0.4 is 10.6 Å². The van der Waals surface area contributed by atoms with Crippen molar-refractivity contribution in [1.82, 2.24) is 15.2 Å². The van der Waals surface area contributed by atoms with Crippen LogP contribution in [0.25, 0.3) is 0 Å². The van der Waals surface area contributed by atoms with Gasteiger partial charge in [-0.15, -0.1) is 5.10 Å². The number of hydrogen-bond acceptors (Lipinski definition) is 6. The first-order valence-corrected chi connectivity index (χ1v) is 8.00. The van der Waals surface area contributed by atoms with Crippen LogP contribution in [0.1, 0.15) is 22.8 Å². The van der Waals surface area contributed by atoms with Gasteiger partial charge in [-0.2, -0.15) is 10.1 Å². The van der Waals surface area contributed by atoms with Crippen LogP contribution in [0.3, 0.4) is 0 Å². The molecule has 7 heteroatoms. The third-order valence-electron chi connectivity index (χ3n) is 3.61. The first kappa shape index (κ1) is 16.9. The Bertz CT molecular complexity index is 929. The number of nitrogens with one attached hydrogen (secondary N) is 2. The maximum atomic E-state index is 11.5. The Morgan fingerprint density at radius 1 is 1.12 bits per heavy atom. The number of benzene rings is 2. The molecular weight excluding hydrogens is 338 g/mol. The smallest absolute Gasteiger partial charge is 0.249 e. The summed E-state index contributed by atoms with van der Waals surface area (Å²) in [6.07, 6.45) is 1.53. The summed E-state index contributed by atoms with van der Waals surface area (Å²) in [5.74, 6) is 0.852. The van der Waals surface area contributed by atoms with E-state index in [9.17, 15) is 4.79 Å². The maximum absolute atomic E-state index is 11.5. The van der Waals surface area contributed by atoms with Gasteiger partial charge < -0.3 is 10.6 Å². The van der Waals surface area contributed by atoms with Gasteiger partial charge in [-0.05, 0) is 43.7 Å². The highest BCUT2D eigenvalue weighted by Gasteiger charge is 2.06. The van der Waals surface area contributed by atoms with Gasteiger partial charge in [0.1, 0.15) is 0 Å². The molecule has 0 fully saturated rings. The predicted molar refractivity (Wildman–Crippen MR) is 99.0 cm³/mol. The minimum atomic E-state index is -0.00505. The summed E-state index contributed by atoms with van der Waals surface area (Å²) in [5, 5.41) is 14.8. The van der Waals surface area contributed by atoms with Crippen LogP contribution >= 0.6 is 11.6 Å². The Kier molecular flexibility index (Phi) is 4.90. The highest BCUT2D eigenvalue weighted by atomic mass is 35.5. The van der Waals surface area contributed by atoms with Crippen LogP contribution in [0.5, 0.6) is 0 Å². The van der Waals surface area contributed by atoms with E-state index in [0.29, 0.717) is 28.0 Å². The molecule has 0 amide bonds. The zero-order valence-electron chi connectivity index (χ0n) is 13.7. The summed E-state index contributed by atoms with van der Waals surface area (Å²) < 4.78 is 0. The van der Waals surface area contributed by atoms with Gasteiger partial charge in [-0.25, -0.2) is 0 Å². The van der Waals surface area contributed by atoms with Crippen LogP contribution in [0.4, 0.5) is 23.1 Å². The van der Waals surface area contributed by atoms with Crippen molar-refractivity contribution in [2.24, 2.45) is 0 Å². The maximum Gasteiger partial charge on any atom is 0.249 e. The van der Waals surface area contributed by atoms with E-state index in [0.717, 1.165) is 11.3 Å². The lowest BCUT2D eigenvalue weighted by Gasteiger charge is -2.11. The second-order valence-electron chi connectivity index (χ2n) is 5.46. The van der Waals surface area contributed by atoms with E-state index in [1.807, 2.05) is 31.2 Å². The zero-order chi connectivity index (χ0) is 17.8. The molecule has 0 unspecified atom stereocenters. The van der Waals surface area contributed by atoms with E-state index in [1.54, 1.807) is 18.2 Å². The third kappa shape index (κ3) is 4.10. The lowest BCUT2D eigenvalue weighted by molar-refractivity contribution is 0.101. The van der Waals surface area contributed by atoms with Gasteiger partial charge in [0.25, 0.3) is 0 Å². The summed E-state index contributed by atoms with van der Waals surface area (Å²) in [7, 11) is 0. The fourth-order valence-electron chi connectivity index (χ4n) is 2.24. The van der Waals surface area contributed by atoms with Crippen molar-refractivity contribution in [2.75, 3.05) is 10.6 Å². The SMILES string of the molecule is CC(=O)c1cccc(Nc2nncc(Nc3cccc(Cl)c3C)n2)c1. The fraction of sp³-hybridized carbons (Fsp3) is 0.111. The molecule has 126 valence electrons. The van der Waals surface area contributed by atoms with E-state index in [-0.39, 0.29) is 5.78 Å². The number of rotatable bonds is 5. The molecule has 0 bridgehead atoms. The van der Waals surface area contributed by atoms with E-state index in [4.69, 9.17) is 11.6 Å². The lowest BCUT2D eigenvalue weighted by Crippen LogP contribution is -2.03. The Morgan fingerprint density at radius 3 is 2.72 bits per heavy atom. The van der Waals surface area contributed by atoms with Crippen molar-refractivity contribution in [1.29, 1.82) is 0 Å². The van der Waals surface area contributed by atoms with Crippen LogP contribution in [-0.2, 0) is 0 Å². The van der Waals surface area contributed by atoms with Crippen molar-refractivity contribution in [3.05, 3.63) is 64.8 Å². The summed E-state index contributed by atoms with van der Waals surface area (Å²) in [4.78, 5) is 15.9. The number of hydrogen-bond donors (Lipinski definition) is 2. The predicted octanol–water partition coefficient (Wildman–Crippen LogP) is 4.52. The molecule has 6 nitrogen and oxygen atoms in total. The molecule has 0 aliphatic rings. The molecule has 2 N–H and O–H groups in total. The molecule has 0 aliphatic heterocycles. The summed E-state index contributed by atoms with van der Waals surface area (Å²) in [5.41, 5.74) is 3.09. The first-order valence-electron chi connectivity index (χ1n) is 7.63. The summed E-state index contributed by atoms with van der Waals surface area (Å²) in [6.45, 7) is 3.45. The van der Waals surface area contributed by atoms with Gasteiger partial charge in [0, 0.05) is 22.0 Å². The lowest BCUT2D eigenvalue weighted by atomic mass is 10.1. The minimum Gasteiger partial charge on any atom is -0.339 e. The molecular formula is C18H16ClN5O. The van der Waals surface area contributed by atoms with Crippen molar-refractivity contribution in [2.45, 2.75) is 13.8 Å². The van der Waals surface area contributed by atoms with E-state index in [2.05, 4.69) is 25.8 Å². The van der Waals surface area contributed by atoms with Crippen molar-refractivity contribution < 1.29 is 4.79 Å². The minimum absolute atomic E-state index is 0.00505. The van der Waals surface area contributed by atoms with Gasteiger partial charge in [0.2, 0.25) is 5.95 Å². The van der Waals surface area contributed by atoms with Crippen molar-refractivity contribution >= 4 is 40.5 Å². The van der Waals surface area contributed by atoms with Gasteiger partial charge in [-0.1, -0.05) is 29.8 Å². The molecule has 25 heavy (non-hydrogen) atoms. The average molecular weight is 354 g/mol. The van der Waals surface area contributed by atoms with Crippen molar-refractivity contribution in [3.8, 4) is 0 Å². The fourth-order valence-corrected chi connectivity index (χ4v) is 2.42. The molecule has 0 saturated heterocycles. The standard InChI is InChI=1S/C18H16ClN5O/c1-11-15(19)7-4-8-16(11)22-17-10-20-24-18(23-17)21-14-6-3-5-13(9-14)12(2)25/h3-10H,1-2H3,(H2,21,22,23,24). The number of carbonyl (C=O) groups excluding carboxylic acids is 1. The van der Waals surface area contributed by atoms with E-state index in [1.165, 1.54) is 13.1 Å².